The van der Waals surface area contributed by atoms with E-state index >= 15 is 0 Å². The molecule has 44 heavy (non-hydrogen) atoms. The van der Waals surface area contributed by atoms with E-state index in [4.69, 9.17) is 4.99 Å². The summed E-state index contributed by atoms with van der Waals surface area (Å²) >= 11 is 0. The zero-order valence-electron chi connectivity index (χ0n) is 24.3. The Bertz CT molecular complexity index is 2510. The van der Waals surface area contributed by atoms with Crippen molar-refractivity contribution in [3.8, 4) is 11.1 Å². The highest BCUT2D eigenvalue weighted by atomic mass is 14.9. The number of pyridine rings is 1. The number of aromatic nitrogens is 2. The molecule has 3 nitrogen and oxygen atoms in total. The fraction of sp³-hybridized carbons (Fsp3) is 0.122. The van der Waals surface area contributed by atoms with E-state index in [1.807, 2.05) is 12.3 Å². The maximum Gasteiger partial charge on any atom is 0.0886 e. The molecule has 1 aliphatic carbocycles. The molecule has 0 spiro atoms. The van der Waals surface area contributed by atoms with Crippen LogP contribution >= 0.6 is 0 Å². The molecule has 208 valence electrons. The molecule has 0 radical (unpaired) electrons. The largest absolute Gasteiger partial charge is 0.308 e. The number of para-hydroxylation sites is 2. The predicted molar refractivity (Wildman–Crippen MR) is 185 cm³/mol. The topological polar surface area (TPSA) is 29.7 Å². The van der Waals surface area contributed by atoms with Crippen LogP contribution in [0, 0.1) is 0 Å². The summed E-state index contributed by atoms with van der Waals surface area (Å²) in [6.07, 6.45) is 10.2. The fourth-order valence-corrected chi connectivity index (χ4v) is 8.25. The van der Waals surface area contributed by atoms with E-state index in [1.165, 1.54) is 76.8 Å². The first-order valence-electron chi connectivity index (χ1n) is 15.7. The smallest absolute Gasteiger partial charge is 0.0886 e. The number of hydrogen-bond acceptors (Lipinski definition) is 2. The van der Waals surface area contributed by atoms with Crippen LogP contribution in [0.2, 0.25) is 0 Å². The van der Waals surface area contributed by atoms with Crippen molar-refractivity contribution in [1.82, 2.24) is 9.38 Å². The van der Waals surface area contributed by atoms with E-state index in [1.54, 1.807) is 0 Å². The van der Waals surface area contributed by atoms with Crippen LogP contribution in [-0.2, 0) is 6.42 Å². The van der Waals surface area contributed by atoms with Crippen molar-refractivity contribution in [1.29, 1.82) is 0 Å². The van der Waals surface area contributed by atoms with Gasteiger partial charge in [0, 0.05) is 39.4 Å². The average molecular weight is 564 g/mol. The van der Waals surface area contributed by atoms with Crippen molar-refractivity contribution in [3.05, 3.63) is 132 Å². The number of aliphatic imine (C=N–C) groups is 1. The second-order valence-corrected chi connectivity index (χ2v) is 12.3. The predicted octanol–water partition coefficient (Wildman–Crippen LogP) is 10.7. The molecule has 3 aromatic heterocycles. The Hall–Kier alpha value is -5.28. The number of aryl methyl sites for hydroxylation is 1. The summed E-state index contributed by atoms with van der Waals surface area (Å²) in [4.78, 5) is 10.1. The van der Waals surface area contributed by atoms with Crippen molar-refractivity contribution in [2.24, 2.45) is 4.99 Å². The summed E-state index contributed by atoms with van der Waals surface area (Å²) < 4.78 is 2.52. The molecule has 0 bridgehead atoms. The van der Waals surface area contributed by atoms with Gasteiger partial charge in [0.2, 0.25) is 0 Å². The third-order valence-corrected chi connectivity index (χ3v) is 10.1. The molecule has 1 atom stereocenters. The van der Waals surface area contributed by atoms with Gasteiger partial charge in [0.25, 0.3) is 0 Å². The van der Waals surface area contributed by atoms with Gasteiger partial charge in [0.15, 0.2) is 0 Å². The van der Waals surface area contributed by atoms with Crippen LogP contribution in [0.5, 0.6) is 0 Å². The van der Waals surface area contributed by atoms with Gasteiger partial charge in [0.1, 0.15) is 0 Å². The van der Waals surface area contributed by atoms with Crippen molar-refractivity contribution in [3.63, 3.8) is 0 Å². The summed E-state index contributed by atoms with van der Waals surface area (Å²) in [5.41, 5.74) is 12.7. The Balaban J connectivity index is 1.41. The zero-order valence-corrected chi connectivity index (χ0v) is 24.3. The highest BCUT2D eigenvalue weighted by Crippen LogP contribution is 2.51. The monoisotopic (exact) mass is 563 g/mol. The van der Waals surface area contributed by atoms with Crippen LogP contribution in [0.15, 0.2) is 120 Å². The van der Waals surface area contributed by atoms with Gasteiger partial charge < -0.3 is 4.40 Å². The fourth-order valence-electron chi connectivity index (χ4n) is 8.25. The van der Waals surface area contributed by atoms with Gasteiger partial charge >= 0.3 is 0 Å². The quantitative estimate of drug-likeness (QED) is 0.195. The summed E-state index contributed by atoms with van der Waals surface area (Å²) in [5, 5.41) is 8.01. The van der Waals surface area contributed by atoms with Gasteiger partial charge in [-0.15, -0.1) is 0 Å². The summed E-state index contributed by atoms with van der Waals surface area (Å²) in [5.74, 6) is 0.188. The standard InChI is InChI=1S/C41H29N3/c1-2-11-27-25(10-1)19-20-26-21-22-29(33-14-5-6-15-34-35(43-33)16-9-23-42-34)39-32(38(26)27)24-31-28-12-3-7-17-36(28)44-37-18-8-4-13-30(37)40(39)41(31)44/h1-4,6-13,15-20,23-24,29H,5,14,21-22H2/t29-/m0/s1. The molecule has 3 heteroatoms. The molecule has 4 heterocycles. The van der Waals surface area contributed by atoms with Crippen LogP contribution in [0.25, 0.3) is 66.1 Å². The third-order valence-electron chi connectivity index (χ3n) is 10.1. The molecule has 0 unspecified atom stereocenters. The number of nitrogens with zero attached hydrogens (tertiary/aromatic N) is 3. The second kappa shape index (κ2) is 9.11. The molecular formula is C41H29N3. The molecular weight excluding hydrogens is 534 g/mol. The van der Waals surface area contributed by atoms with Gasteiger partial charge in [0.05, 0.1) is 27.9 Å². The SMILES string of the molecule is C1=Cc2ncccc2N=C([C@@H]2CCc3ccc4ccccc4c3-c3cc4c5ccccc5n5c6ccccc6c(c32)c45)CC1. The Morgan fingerprint density at radius 2 is 1.50 bits per heavy atom. The van der Waals surface area contributed by atoms with Gasteiger partial charge in [-0.3, -0.25) is 9.98 Å². The molecule has 0 saturated carbocycles. The number of fused-ring (bicyclic) bond motifs is 13. The van der Waals surface area contributed by atoms with Crippen molar-refractivity contribution >= 4 is 66.3 Å². The number of rotatable bonds is 1. The molecule has 5 aromatic carbocycles. The van der Waals surface area contributed by atoms with E-state index in [0.717, 1.165) is 37.1 Å². The van der Waals surface area contributed by atoms with Crippen LogP contribution in [-0.4, -0.2) is 15.1 Å². The lowest BCUT2D eigenvalue weighted by molar-refractivity contribution is 0.765. The summed E-state index contributed by atoms with van der Waals surface area (Å²) in [6, 6.07) is 38.2. The summed E-state index contributed by atoms with van der Waals surface area (Å²) in [7, 11) is 0. The number of allylic oxidation sites excluding steroid dienone is 1. The normalized spacial score (nSPS) is 16.5. The van der Waals surface area contributed by atoms with Crippen molar-refractivity contribution < 1.29 is 0 Å². The molecule has 1 aliphatic heterocycles. The molecule has 0 saturated heterocycles. The lowest BCUT2D eigenvalue weighted by Crippen LogP contribution is -2.14. The minimum atomic E-state index is 0.188. The second-order valence-electron chi connectivity index (χ2n) is 12.3. The van der Waals surface area contributed by atoms with Gasteiger partial charge in [-0.25, -0.2) is 0 Å². The molecule has 0 fully saturated rings. The number of hydrogen-bond donors (Lipinski definition) is 0. The third kappa shape index (κ3) is 3.27. The van der Waals surface area contributed by atoms with Crippen molar-refractivity contribution in [2.45, 2.75) is 31.6 Å². The first kappa shape index (κ1) is 24.2. The van der Waals surface area contributed by atoms with Crippen LogP contribution in [0.4, 0.5) is 5.69 Å². The van der Waals surface area contributed by atoms with E-state index in [2.05, 4.69) is 119 Å². The maximum absolute atomic E-state index is 5.46. The molecule has 8 aromatic rings. The Kier molecular flexibility index (Phi) is 5.01. The van der Waals surface area contributed by atoms with Crippen LogP contribution in [0.1, 0.15) is 42.0 Å². The zero-order chi connectivity index (χ0) is 28.8. The molecule has 10 rings (SSSR count). The molecule has 0 N–H and O–H groups in total. The van der Waals surface area contributed by atoms with E-state index < -0.39 is 0 Å². The average Bonchev–Trinajstić information content (AvgIpc) is 3.51. The van der Waals surface area contributed by atoms with Crippen molar-refractivity contribution in [2.75, 3.05) is 0 Å². The first-order chi connectivity index (χ1) is 21.8. The molecule has 2 aliphatic rings. The highest BCUT2D eigenvalue weighted by molar-refractivity contribution is 6.27. The van der Waals surface area contributed by atoms with E-state index in [-0.39, 0.29) is 5.92 Å². The van der Waals surface area contributed by atoms with E-state index in [9.17, 15) is 0 Å². The minimum absolute atomic E-state index is 0.188. The highest BCUT2D eigenvalue weighted by Gasteiger charge is 2.33. The van der Waals surface area contributed by atoms with Gasteiger partial charge in [-0.2, -0.15) is 0 Å². The lowest BCUT2D eigenvalue weighted by Gasteiger charge is -2.23. The minimum Gasteiger partial charge on any atom is -0.308 e. The molecule has 0 amide bonds. The Morgan fingerprint density at radius 1 is 0.705 bits per heavy atom. The van der Waals surface area contributed by atoms with E-state index in [0.29, 0.717) is 0 Å². The van der Waals surface area contributed by atoms with Crippen LogP contribution < -0.4 is 0 Å². The number of benzene rings is 5. The Morgan fingerprint density at radius 3 is 2.41 bits per heavy atom. The summed E-state index contributed by atoms with van der Waals surface area (Å²) in [6.45, 7) is 0. The van der Waals surface area contributed by atoms with Crippen LogP contribution in [0.3, 0.4) is 0 Å². The first-order valence-corrected chi connectivity index (χ1v) is 15.7. The van der Waals surface area contributed by atoms with Gasteiger partial charge in [-0.1, -0.05) is 78.9 Å². The Labute approximate surface area is 255 Å². The lowest BCUT2D eigenvalue weighted by atomic mass is 9.81. The van der Waals surface area contributed by atoms with Gasteiger partial charge in [-0.05, 0) is 95.1 Å². The maximum atomic E-state index is 5.46.